The van der Waals surface area contributed by atoms with Gasteiger partial charge in [0.25, 0.3) is 0 Å². The third kappa shape index (κ3) is 3.74. The molecule has 0 aromatic heterocycles. The SMILES string of the molecule is C[C@@H](N[C@H](c1ccccc1)C(F)(F)F)C(=O)O. The van der Waals surface area contributed by atoms with E-state index in [0.717, 1.165) is 0 Å². The Morgan fingerprint density at radius 2 is 1.82 bits per heavy atom. The van der Waals surface area contributed by atoms with Crippen LogP contribution in [0, 0.1) is 0 Å². The number of benzene rings is 1. The van der Waals surface area contributed by atoms with Crippen LogP contribution in [0.1, 0.15) is 18.5 Å². The Labute approximate surface area is 96.3 Å². The van der Waals surface area contributed by atoms with E-state index in [-0.39, 0.29) is 5.56 Å². The molecule has 3 nitrogen and oxygen atoms in total. The van der Waals surface area contributed by atoms with Crippen molar-refractivity contribution in [3.63, 3.8) is 0 Å². The predicted octanol–water partition coefficient (Wildman–Crippen LogP) is 2.35. The van der Waals surface area contributed by atoms with Crippen molar-refractivity contribution in [1.82, 2.24) is 5.32 Å². The van der Waals surface area contributed by atoms with Crippen LogP contribution in [-0.4, -0.2) is 23.3 Å². The zero-order valence-corrected chi connectivity index (χ0v) is 9.03. The quantitative estimate of drug-likeness (QED) is 0.858. The maximum Gasteiger partial charge on any atom is 0.407 e. The molecule has 0 amide bonds. The minimum Gasteiger partial charge on any atom is -0.480 e. The zero-order valence-electron chi connectivity index (χ0n) is 9.03. The Kier molecular flexibility index (Phi) is 4.11. The first kappa shape index (κ1) is 13.5. The Morgan fingerprint density at radius 3 is 2.24 bits per heavy atom. The van der Waals surface area contributed by atoms with Crippen molar-refractivity contribution >= 4 is 5.97 Å². The van der Waals surface area contributed by atoms with Gasteiger partial charge in [-0.3, -0.25) is 10.1 Å². The summed E-state index contributed by atoms with van der Waals surface area (Å²) in [6, 6.07) is 3.90. The number of carboxylic acids is 1. The van der Waals surface area contributed by atoms with Crippen LogP contribution in [0.25, 0.3) is 0 Å². The fourth-order valence-corrected chi connectivity index (χ4v) is 1.35. The van der Waals surface area contributed by atoms with Crippen LogP contribution in [0.3, 0.4) is 0 Å². The van der Waals surface area contributed by atoms with Crippen molar-refractivity contribution in [1.29, 1.82) is 0 Å². The molecule has 0 radical (unpaired) electrons. The van der Waals surface area contributed by atoms with Crippen LogP contribution in [-0.2, 0) is 4.79 Å². The summed E-state index contributed by atoms with van der Waals surface area (Å²) < 4.78 is 38.3. The summed E-state index contributed by atoms with van der Waals surface area (Å²) in [5.41, 5.74) is -0.00639. The first-order valence-corrected chi connectivity index (χ1v) is 4.93. The summed E-state index contributed by atoms with van der Waals surface area (Å²) in [7, 11) is 0. The van der Waals surface area contributed by atoms with Gasteiger partial charge in [0.05, 0.1) is 0 Å². The minimum atomic E-state index is -4.54. The molecule has 0 unspecified atom stereocenters. The third-order valence-electron chi connectivity index (χ3n) is 2.25. The molecule has 0 aliphatic carbocycles. The smallest absolute Gasteiger partial charge is 0.407 e. The number of halogens is 3. The van der Waals surface area contributed by atoms with Crippen molar-refractivity contribution in [3.05, 3.63) is 35.9 Å². The molecule has 0 bridgehead atoms. The van der Waals surface area contributed by atoms with Crippen LogP contribution >= 0.6 is 0 Å². The average molecular weight is 247 g/mol. The molecule has 0 heterocycles. The maximum atomic E-state index is 12.8. The second-order valence-electron chi connectivity index (χ2n) is 3.61. The summed E-state index contributed by atoms with van der Waals surface area (Å²) in [6.07, 6.45) is -4.54. The normalized spacial score (nSPS) is 15.3. The summed E-state index contributed by atoms with van der Waals surface area (Å²) in [4.78, 5) is 10.6. The number of rotatable bonds is 4. The molecule has 0 saturated carbocycles. The molecular formula is C11H12F3NO2. The van der Waals surface area contributed by atoms with E-state index in [1.165, 1.54) is 31.2 Å². The maximum absolute atomic E-state index is 12.8. The predicted molar refractivity (Wildman–Crippen MR) is 55.5 cm³/mol. The van der Waals surface area contributed by atoms with Crippen molar-refractivity contribution in [2.24, 2.45) is 0 Å². The lowest BCUT2D eigenvalue weighted by Gasteiger charge is -2.24. The third-order valence-corrected chi connectivity index (χ3v) is 2.25. The molecule has 17 heavy (non-hydrogen) atoms. The lowest BCUT2D eigenvalue weighted by molar-refractivity contribution is -0.162. The number of nitrogens with one attached hydrogen (secondary N) is 1. The lowest BCUT2D eigenvalue weighted by Crippen LogP contribution is -2.43. The van der Waals surface area contributed by atoms with Gasteiger partial charge in [0.1, 0.15) is 12.1 Å². The van der Waals surface area contributed by atoms with Crippen molar-refractivity contribution in [2.75, 3.05) is 0 Å². The number of alkyl halides is 3. The molecule has 0 spiro atoms. The van der Waals surface area contributed by atoms with Crippen LogP contribution in [0.4, 0.5) is 13.2 Å². The molecule has 0 saturated heterocycles. The van der Waals surface area contributed by atoms with Gasteiger partial charge in [0, 0.05) is 0 Å². The molecule has 94 valence electrons. The molecular weight excluding hydrogens is 235 g/mol. The molecule has 0 aliphatic rings. The molecule has 1 aromatic carbocycles. The van der Waals surface area contributed by atoms with E-state index in [9.17, 15) is 18.0 Å². The van der Waals surface area contributed by atoms with E-state index in [0.29, 0.717) is 0 Å². The largest absolute Gasteiger partial charge is 0.480 e. The van der Waals surface area contributed by atoms with Gasteiger partial charge in [-0.25, -0.2) is 0 Å². The highest BCUT2D eigenvalue weighted by molar-refractivity contribution is 5.72. The van der Waals surface area contributed by atoms with Crippen LogP contribution in [0.2, 0.25) is 0 Å². The number of hydrogen-bond donors (Lipinski definition) is 2. The van der Waals surface area contributed by atoms with E-state index >= 15 is 0 Å². The average Bonchev–Trinajstić information content (AvgIpc) is 2.25. The Morgan fingerprint density at radius 1 is 1.29 bits per heavy atom. The van der Waals surface area contributed by atoms with E-state index < -0.39 is 24.2 Å². The van der Waals surface area contributed by atoms with Crippen LogP contribution < -0.4 is 5.32 Å². The highest BCUT2D eigenvalue weighted by Gasteiger charge is 2.41. The van der Waals surface area contributed by atoms with Gasteiger partial charge >= 0.3 is 12.1 Å². The highest BCUT2D eigenvalue weighted by atomic mass is 19.4. The van der Waals surface area contributed by atoms with Gasteiger partial charge in [0.15, 0.2) is 0 Å². The second-order valence-corrected chi connectivity index (χ2v) is 3.61. The summed E-state index contributed by atoms with van der Waals surface area (Å²) in [5, 5.41) is 10.7. The van der Waals surface area contributed by atoms with Crippen molar-refractivity contribution < 1.29 is 23.1 Å². The van der Waals surface area contributed by atoms with Gasteiger partial charge in [-0.15, -0.1) is 0 Å². The van der Waals surface area contributed by atoms with Gasteiger partial charge in [0.2, 0.25) is 0 Å². The van der Waals surface area contributed by atoms with Crippen molar-refractivity contribution in [3.8, 4) is 0 Å². The number of aliphatic carboxylic acids is 1. The number of hydrogen-bond acceptors (Lipinski definition) is 2. The fraction of sp³-hybridized carbons (Fsp3) is 0.364. The van der Waals surface area contributed by atoms with Crippen LogP contribution in [0.15, 0.2) is 30.3 Å². The Hall–Kier alpha value is -1.56. The summed E-state index contributed by atoms with van der Waals surface area (Å²) in [6.45, 7) is 1.17. The topological polar surface area (TPSA) is 49.3 Å². The highest BCUT2D eigenvalue weighted by Crippen LogP contribution is 2.32. The first-order chi connectivity index (χ1) is 7.82. The van der Waals surface area contributed by atoms with E-state index in [4.69, 9.17) is 5.11 Å². The van der Waals surface area contributed by atoms with E-state index in [1.54, 1.807) is 6.07 Å². The standard InChI is InChI=1S/C11H12F3NO2/c1-7(10(16)17)15-9(11(12,13)14)8-5-3-2-4-6-8/h2-7,9,15H,1H3,(H,16,17)/t7-,9-/m1/s1. The Balaban J connectivity index is 2.94. The molecule has 1 rings (SSSR count). The second kappa shape index (κ2) is 5.18. The molecule has 6 heteroatoms. The van der Waals surface area contributed by atoms with Crippen LogP contribution in [0.5, 0.6) is 0 Å². The molecule has 0 fully saturated rings. The molecule has 0 aliphatic heterocycles. The Bertz CT molecular complexity index is 378. The lowest BCUT2D eigenvalue weighted by atomic mass is 10.1. The van der Waals surface area contributed by atoms with Gasteiger partial charge in [-0.2, -0.15) is 13.2 Å². The van der Waals surface area contributed by atoms with Gasteiger partial charge < -0.3 is 5.11 Å². The summed E-state index contributed by atoms with van der Waals surface area (Å²) >= 11 is 0. The first-order valence-electron chi connectivity index (χ1n) is 4.93. The van der Waals surface area contributed by atoms with Gasteiger partial charge in [-0.1, -0.05) is 30.3 Å². The van der Waals surface area contributed by atoms with Gasteiger partial charge in [-0.05, 0) is 12.5 Å². The molecule has 2 atom stereocenters. The summed E-state index contributed by atoms with van der Waals surface area (Å²) in [5.74, 6) is -1.32. The molecule has 1 aromatic rings. The fourth-order valence-electron chi connectivity index (χ4n) is 1.35. The minimum absolute atomic E-state index is 0.00639. The monoisotopic (exact) mass is 247 g/mol. The van der Waals surface area contributed by atoms with E-state index in [1.807, 2.05) is 5.32 Å². The number of carboxylic acid groups (broad SMARTS) is 1. The number of carbonyl (C=O) groups is 1. The molecule has 2 N–H and O–H groups in total. The van der Waals surface area contributed by atoms with Crippen molar-refractivity contribution in [2.45, 2.75) is 25.2 Å². The zero-order chi connectivity index (χ0) is 13.1. The van der Waals surface area contributed by atoms with E-state index in [2.05, 4.69) is 0 Å².